The molecule has 0 bridgehead atoms. The number of nitrogens with one attached hydrogen (secondary N) is 1. The third-order valence-electron chi connectivity index (χ3n) is 2.55. The molecule has 0 fully saturated rings. The van der Waals surface area contributed by atoms with Gasteiger partial charge in [-0.2, -0.15) is 0 Å². The molecule has 0 unspecified atom stereocenters. The number of aromatic hydroxyl groups is 1. The Morgan fingerprint density at radius 1 is 1.05 bits per heavy atom. The Morgan fingerprint density at radius 3 is 2.21 bits per heavy atom. The smallest absolute Gasteiger partial charge is 0.229 e. The molecule has 2 N–H and O–H groups in total. The number of phenols is 1. The van der Waals surface area contributed by atoms with Gasteiger partial charge in [0, 0.05) is 11.3 Å². The molecule has 0 heterocycles. The van der Waals surface area contributed by atoms with Crippen molar-refractivity contribution in [3.05, 3.63) is 59.7 Å². The van der Waals surface area contributed by atoms with Gasteiger partial charge in [-0.3, -0.25) is 4.79 Å². The lowest BCUT2D eigenvalue weighted by Gasteiger charge is -2.07. The molecule has 2 aromatic rings. The highest BCUT2D eigenvalue weighted by Crippen LogP contribution is 2.16. The summed E-state index contributed by atoms with van der Waals surface area (Å²) in [4.78, 5) is 11.7. The van der Waals surface area contributed by atoms with Crippen molar-refractivity contribution >= 4 is 11.6 Å². The number of amides is 1. The molecule has 0 aliphatic rings. The summed E-state index contributed by atoms with van der Waals surface area (Å²) in [5, 5.41) is 11.6. The molecule has 1 amide bonds. The first kappa shape index (κ1) is 13.0. The predicted molar refractivity (Wildman–Crippen MR) is 66.8 cm³/mol. The molecule has 98 valence electrons. The first-order chi connectivity index (χ1) is 9.06. The molecular weight excluding hydrogens is 252 g/mol. The summed E-state index contributed by atoms with van der Waals surface area (Å²) in [7, 11) is 0. The summed E-state index contributed by atoms with van der Waals surface area (Å²) in [6.07, 6.45) is -0.390. The maximum absolute atomic E-state index is 13.3. The van der Waals surface area contributed by atoms with Gasteiger partial charge in [0.05, 0.1) is 6.42 Å². The van der Waals surface area contributed by atoms with Gasteiger partial charge in [0.25, 0.3) is 0 Å². The number of benzene rings is 2. The van der Waals surface area contributed by atoms with E-state index in [1.807, 2.05) is 0 Å². The second-order valence-electron chi connectivity index (χ2n) is 3.97. The maximum atomic E-state index is 13.3. The van der Waals surface area contributed by atoms with Crippen molar-refractivity contribution in [1.29, 1.82) is 0 Å². The first-order valence-electron chi connectivity index (χ1n) is 5.58. The Balaban J connectivity index is 2.07. The Kier molecular flexibility index (Phi) is 3.75. The number of hydrogen-bond donors (Lipinski definition) is 2. The third-order valence-corrected chi connectivity index (χ3v) is 2.55. The minimum Gasteiger partial charge on any atom is -0.508 e. The van der Waals surface area contributed by atoms with Crippen LogP contribution in [0.3, 0.4) is 0 Å². The lowest BCUT2D eigenvalue weighted by atomic mass is 10.1. The van der Waals surface area contributed by atoms with E-state index >= 15 is 0 Å². The van der Waals surface area contributed by atoms with E-state index in [9.17, 15) is 13.6 Å². The van der Waals surface area contributed by atoms with Gasteiger partial charge in [0.15, 0.2) is 0 Å². The molecule has 0 spiro atoms. The molecule has 0 saturated heterocycles. The second-order valence-corrected chi connectivity index (χ2v) is 3.97. The Bertz CT molecular complexity index is 577. The predicted octanol–water partition coefficient (Wildman–Crippen LogP) is 2.85. The van der Waals surface area contributed by atoms with Crippen molar-refractivity contribution in [3.63, 3.8) is 0 Å². The van der Waals surface area contributed by atoms with E-state index in [0.717, 1.165) is 12.1 Å². The van der Waals surface area contributed by atoms with Crippen LogP contribution >= 0.6 is 0 Å². The molecule has 2 aromatic carbocycles. The van der Waals surface area contributed by atoms with E-state index < -0.39 is 17.5 Å². The Morgan fingerprint density at radius 2 is 1.63 bits per heavy atom. The fraction of sp³-hybridized carbons (Fsp3) is 0.0714. The van der Waals surface area contributed by atoms with Crippen LogP contribution in [-0.4, -0.2) is 11.0 Å². The van der Waals surface area contributed by atoms with Gasteiger partial charge >= 0.3 is 0 Å². The molecule has 0 atom stereocenters. The average molecular weight is 263 g/mol. The third kappa shape index (κ3) is 3.28. The molecule has 0 saturated carbocycles. The monoisotopic (exact) mass is 263 g/mol. The number of anilines is 1. The molecule has 2 rings (SSSR count). The van der Waals surface area contributed by atoms with Gasteiger partial charge in [-0.1, -0.05) is 6.07 Å². The fourth-order valence-corrected chi connectivity index (χ4v) is 1.61. The van der Waals surface area contributed by atoms with Gasteiger partial charge in [-0.15, -0.1) is 0 Å². The zero-order valence-corrected chi connectivity index (χ0v) is 9.86. The molecule has 0 aliphatic heterocycles. The van der Waals surface area contributed by atoms with Crippen LogP contribution in [-0.2, 0) is 11.2 Å². The Hall–Kier alpha value is -2.43. The number of carbonyl (C=O) groups excluding carboxylic acids is 1. The number of halogens is 2. The number of phenolic OH excluding ortho intramolecular Hbond substituents is 1. The first-order valence-corrected chi connectivity index (χ1v) is 5.58. The van der Waals surface area contributed by atoms with E-state index in [1.54, 1.807) is 0 Å². The van der Waals surface area contributed by atoms with Crippen molar-refractivity contribution in [1.82, 2.24) is 0 Å². The van der Waals surface area contributed by atoms with E-state index in [1.165, 1.54) is 30.3 Å². The van der Waals surface area contributed by atoms with Crippen LogP contribution in [0.5, 0.6) is 5.75 Å². The fourth-order valence-electron chi connectivity index (χ4n) is 1.61. The number of hydrogen-bond acceptors (Lipinski definition) is 2. The quantitative estimate of drug-likeness (QED) is 0.836. The van der Waals surface area contributed by atoms with Gasteiger partial charge < -0.3 is 10.4 Å². The largest absolute Gasteiger partial charge is 0.508 e. The van der Waals surface area contributed by atoms with Crippen molar-refractivity contribution < 1.29 is 18.7 Å². The van der Waals surface area contributed by atoms with Gasteiger partial charge in [-0.05, 0) is 36.4 Å². The van der Waals surface area contributed by atoms with Crippen LogP contribution in [0.25, 0.3) is 0 Å². The topological polar surface area (TPSA) is 49.3 Å². The summed E-state index contributed by atoms with van der Waals surface area (Å²) >= 11 is 0. The van der Waals surface area contributed by atoms with Gasteiger partial charge in [0.2, 0.25) is 5.91 Å². The van der Waals surface area contributed by atoms with Crippen LogP contribution in [0, 0.1) is 11.6 Å². The van der Waals surface area contributed by atoms with E-state index in [4.69, 9.17) is 5.11 Å². The molecule has 0 aromatic heterocycles. The lowest BCUT2D eigenvalue weighted by molar-refractivity contribution is -0.115. The molecule has 3 nitrogen and oxygen atoms in total. The number of rotatable bonds is 3. The van der Waals surface area contributed by atoms with Crippen LogP contribution in [0.15, 0.2) is 42.5 Å². The van der Waals surface area contributed by atoms with E-state index in [2.05, 4.69) is 5.32 Å². The second kappa shape index (κ2) is 5.48. The van der Waals surface area contributed by atoms with Crippen LogP contribution in [0.4, 0.5) is 14.5 Å². The van der Waals surface area contributed by atoms with Crippen molar-refractivity contribution in [2.45, 2.75) is 6.42 Å². The SMILES string of the molecule is O=C(Cc1c(F)cccc1F)Nc1ccc(O)cc1. The van der Waals surface area contributed by atoms with Gasteiger partial charge in [0.1, 0.15) is 17.4 Å². The van der Waals surface area contributed by atoms with Crippen molar-refractivity contribution in [3.8, 4) is 5.75 Å². The van der Waals surface area contributed by atoms with E-state index in [-0.39, 0.29) is 17.7 Å². The Labute approximate surface area is 108 Å². The molecule has 19 heavy (non-hydrogen) atoms. The van der Waals surface area contributed by atoms with Crippen molar-refractivity contribution in [2.24, 2.45) is 0 Å². The van der Waals surface area contributed by atoms with Gasteiger partial charge in [-0.25, -0.2) is 8.78 Å². The zero-order valence-electron chi connectivity index (χ0n) is 9.86. The standard InChI is InChI=1S/C14H11F2NO2/c15-12-2-1-3-13(16)11(12)8-14(19)17-9-4-6-10(18)7-5-9/h1-7,18H,8H2,(H,17,19). The van der Waals surface area contributed by atoms with Crippen LogP contribution in [0.2, 0.25) is 0 Å². The van der Waals surface area contributed by atoms with Crippen molar-refractivity contribution in [2.75, 3.05) is 5.32 Å². The summed E-state index contributed by atoms with van der Waals surface area (Å²) < 4.78 is 26.7. The molecule has 0 radical (unpaired) electrons. The molecule has 0 aliphatic carbocycles. The summed E-state index contributed by atoms with van der Waals surface area (Å²) in [6, 6.07) is 9.24. The van der Waals surface area contributed by atoms with E-state index in [0.29, 0.717) is 5.69 Å². The highest BCUT2D eigenvalue weighted by Gasteiger charge is 2.13. The zero-order chi connectivity index (χ0) is 13.8. The highest BCUT2D eigenvalue weighted by molar-refractivity contribution is 5.92. The minimum atomic E-state index is -0.749. The molecule has 5 heteroatoms. The number of carbonyl (C=O) groups is 1. The summed E-state index contributed by atoms with van der Waals surface area (Å²) in [6.45, 7) is 0. The normalized spacial score (nSPS) is 10.2. The average Bonchev–Trinajstić information content (AvgIpc) is 2.37. The molecular formula is C14H11F2NO2. The summed E-state index contributed by atoms with van der Waals surface area (Å²) in [5.41, 5.74) is 0.179. The van der Waals surface area contributed by atoms with Crippen LogP contribution < -0.4 is 5.32 Å². The maximum Gasteiger partial charge on any atom is 0.229 e. The van der Waals surface area contributed by atoms with Crippen LogP contribution in [0.1, 0.15) is 5.56 Å². The minimum absolute atomic E-state index is 0.0677. The summed E-state index contributed by atoms with van der Waals surface area (Å²) in [5.74, 6) is -1.96. The highest BCUT2D eigenvalue weighted by atomic mass is 19.1. The lowest BCUT2D eigenvalue weighted by Crippen LogP contribution is -2.16.